The first-order chi connectivity index (χ1) is 13.1. The number of hydrogen-bond donors (Lipinski definition) is 1. The van der Waals surface area contributed by atoms with Crippen molar-refractivity contribution in [2.24, 2.45) is 0 Å². The largest absolute Gasteiger partial charge is 0.492 e. The van der Waals surface area contributed by atoms with Gasteiger partial charge in [0, 0.05) is 35.8 Å². The normalized spacial score (nSPS) is 10.9. The molecular formula is C20H17F2N3O2. The highest BCUT2D eigenvalue weighted by Crippen LogP contribution is 2.18. The van der Waals surface area contributed by atoms with E-state index in [0.717, 1.165) is 24.3 Å². The second kappa shape index (κ2) is 8.75. The van der Waals surface area contributed by atoms with Crippen LogP contribution in [0.2, 0.25) is 0 Å². The minimum absolute atomic E-state index is 0.261. The highest BCUT2D eigenvalue weighted by molar-refractivity contribution is 6.02. The van der Waals surface area contributed by atoms with E-state index in [1.807, 2.05) is 12.3 Å². The van der Waals surface area contributed by atoms with Crippen molar-refractivity contribution in [3.05, 3.63) is 84.2 Å². The second-order valence-electron chi connectivity index (χ2n) is 5.60. The third kappa shape index (κ3) is 5.24. The Morgan fingerprint density at radius 2 is 1.93 bits per heavy atom. The molecule has 0 unspecified atom stereocenters. The molecule has 0 aliphatic rings. The average Bonchev–Trinajstić information content (AvgIpc) is 3.15. The van der Waals surface area contributed by atoms with Crippen LogP contribution in [0.1, 0.15) is 5.56 Å². The van der Waals surface area contributed by atoms with Gasteiger partial charge in [0.25, 0.3) is 0 Å². The van der Waals surface area contributed by atoms with E-state index in [0.29, 0.717) is 24.6 Å². The molecule has 2 aromatic carbocycles. The Labute approximate surface area is 154 Å². The van der Waals surface area contributed by atoms with E-state index in [9.17, 15) is 13.6 Å². The lowest BCUT2D eigenvalue weighted by Gasteiger charge is -2.08. The lowest BCUT2D eigenvalue weighted by Crippen LogP contribution is -2.10. The number of ether oxygens (including phenoxy) is 1. The van der Waals surface area contributed by atoms with Crippen molar-refractivity contribution >= 4 is 17.7 Å². The summed E-state index contributed by atoms with van der Waals surface area (Å²) in [4.78, 5) is 12.0. The lowest BCUT2D eigenvalue weighted by molar-refractivity contribution is -0.111. The predicted octanol–water partition coefficient (Wildman–Crippen LogP) is 3.89. The molecule has 1 amide bonds. The molecular weight excluding hydrogens is 352 g/mol. The summed E-state index contributed by atoms with van der Waals surface area (Å²) in [5, 5.41) is 6.71. The molecule has 7 heteroatoms. The van der Waals surface area contributed by atoms with Gasteiger partial charge in [-0.3, -0.25) is 9.48 Å². The van der Waals surface area contributed by atoms with Crippen LogP contribution in [0, 0.1) is 11.6 Å². The summed E-state index contributed by atoms with van der Waals surface area (Å²) in [7, 11) is 0. The molecule has 5 nitrogen and oxygen atoms in total. The van der Waals surface area contributed by atoms with Crippen LogP contribution in [0.3, 0.4) is 0 Å². The van der Waals surface area contributed by atoms with E-state index in [-0.39, 0.29) is 5.56 Å². The molecule has 1 aromatic heterocycles. The van der Waals surface area contributed by atoms with E-state index in [1.165, 1.54) is 6.07 Å². The van der Waals surface area contributed by atoms with Gasteiger partial charge in [0.1, 0.15) is 24.0 Å². The van der Waals surface area contributed by atoms with Gasteiger partial charge < -0.3 is 10.1 Å². The van der Waals surface area contributed by atoms with Crippen molar-refractivity contribution in [3.8, 4) is 5.75 Å². The van der Waals surface area contributed by atoms with Crippen molar-refractivity contribution in [2.45, 2.75) is 6.54 Å². The summed E-state index contributed by atoms with van der Waals surface area (Å²) in [5.74, 6) is -1.38. The van der Waals surface area contributed by atoms with Crippen LogP contribution in [0.5, 0.6) is 5.75 Å². The van der Waals surface area contributed by atoms with Crippen molar-refractivity contribution in [1.29, 1.82) is 0 Å². The van der Waals surface area contributed by atoms with Crippen LogP contribution < -0.4 is 10.1 Å². The molecule has 0 fully saturated rings. The Morgan fingerprint density at radius 3 is 2.67 bits per heavy atom. The van der Waals surface area contributed by atoms with E-state index in [2.05, 4.69) is 10.4 Å². The SMILES string of the molecule is O=C(C=Cc1c(F)cccc1F)Nc1cccc(OCCn2cccn2)c1. The zero-order chi connectivity index (χ0) is 19.1. The molecule has 0 atom stereocenters. The zero-order valence-corrected chi connectivity index (χ0v) is 14.3. The number of halogens is 2. The summed E-state index contributed by atoms with van der Waals surface area (Å²) in [6.45, 7) is 1.02. The summed E-state index contributed by atoms with van der Waals surface area (Å²) in [6.07, 6.45) is 5.71. The van der Waals surface area contributed by atoms with Gasteiger partial charge in [0.15, 0.2) is 0 Å². The summed E-state index contributed by atoms with van der Waals surface area (Å²) < 4.78 is 34.5. The van der Waals surface area contributed by atoms with Crippen molar-refractivity contribution in [3.63, 3.8) is 0 Å². The van der Waals surface area contributed by atoms with Crippen LogP contribution in [-0.2, 0) is 11.3 Å². The number of anilines is 1. The molecule has 138 valence electrons. The first kappa shape index (κ1) is 18.3. The van der Waals surface area contributed by atoms with E-state index in [1.54, 1.807) is 35.1 Å². The molecule has 0 aliphatic heterocycles. The lowest BCUT2D eigenvalue weighted by atomic mass is 10.2. The Bertz CT molecular complexity index is 920. The van der Waals surface area contributed by atoms with Gasteiger partial charge in [-0.15, -0.1) is 0 Å². The number of carbonyl (C=O) groups excluding carboxylic acids is 1. The molecule has 0 saturated heterocycles. The number of aromatic nitrogens is 2. The second-order valence-corrected chi connectivity index (χ2v) is 5.60. The van der Waals surface area contributed by atoms with Crippen molar-refractivity contribution in [1.82, 2.24) is 9.78 Å². The summed E-state index contributed by atoms with van der Waals surface area (Å²) in [5.41, 5.74) is 0.249. The standard InChI is InChI=1S/C20H17F2N3O2/c21-18-6-2-7-19(22)17(18)8-9-20(26)24-15-4-1-5-16(14-15)27-13-12-25-11-3-10-23-25/h1-11,14H,12-13H2,(H,24,26). The third-order valence-electron chi connectivity index (χ3n) is 3.65. The van der Waals surface area contributed by atoms with Crippen LogP contribution in [0.4, 0.5) is 14.5 Å². The van der Waals surface area contributed by atoms with Gasteiger partial charge in [-0.2, -0.15) is 5.10 Å². The van der Waals surface area contributed by atoms with Crippen molar-refractivity contribution in [2.75, 3.05) is 11.9 Å². The maximum absolute atomic E-state index is 13.6. The Hall–Kier alpha value is -3.48. The number of hydrogen-bond acceptors (Lipinski definition) is 3. The van der Waals surface area contributed by atoms with Gasteiger partial charge in [0.05, 0.1) is 6.54 Å². The van der Waals surface area contributed by atoms with Gasteiger partial charge >= 0.3 is 0 Å². The maximum Gasteiger partial charge on any atom is 0.248 e. The Morgan fingerprint density at radius 1 is 1.15 bits per heavy atom. The number of rotatable bonds is 7. The monoisotopic (exact) mass is 369 g/mol. The first-order valence-corrected chi connectivity index (χ1v) is 8.25. The average molecular weight is 369 g/mol. The van der Waals surface area contributed by atoms with Gasteiger partial charge in [-0.25, -0.2) is 8.78 Å². The van der Waals surface area contributed by atoms with Crippen LogP contribution in [-0.4, -0.2) is 22.3 Å². The quantitative estimate of drug-likeness (QED) is 0.643. The van der Waals surface area contributed by atoms with E-state index < -0.39 is 17.5 Å². The van der Waals surface area contributed by atoms with Gasteiger partial charge in [0.2, 0.25) is 5.91 Å². The number of amides is 1. The molecule has 3 aromatic rings. The number of benzene rings is 2. The van der Waals surface area contributed by atoms with Crippen LogP contribution in [0.25, 0.3) is 6.08 Å². The van der Waals surface area contributed by atoms with E-state index in [4.69, 9.17) is 4.74 Å². The minimum atomic E-state index is -0.730. The number of nitrogens with one attached hydrogen (secondary N) is 1. The van der Waals surface area contributed by atoms with E-state index >= 15 is 0 Å². The highest BCUT2D eigenvalue weighted by Gasteiger charge is 2.06. The summed E-state index contributed by atoms with van der Waals surface area (Å²) >= 11 is 0. The van der Waals surface area contributed by atoms with Crippen molar-refractivity contribution < 1.29 is 18.3 Å². The van der Waals surface area contributed by atoms with Crippen LogP contribution in [0.15, 0.2) is 67.0 Å². The zero-order valence-electron chi connectivity index (χ0n) is 14.3. The molecule has 27 heavy (non-hydrogen) atoms. The molecule has 0 aliphatic carbocycles. The molecule has 0 saturated carbocycles. The topological polar surface area (TPSA) is 56.1 Å². The Balaban J connectivity index is 1.57. The Kier molecular flexibility index (Phi) is 5.94. The fourth-order valence-corrected chi connectivity index (χ4v) is 2.37. The van der Waals surface area contributed by atoms with Gasteiger partial charge in [-0.1, -0.05) is 12.1 Å². The first-order valence-electron chi connectivity index (χ1n) is 8.25. The molecule has 0 bridgehead atoms. The van der Waals surface area contributed by atoms with Crippen LogP contribution >= 0.6 is 0 Å². The minimum Gasteiger partial charge on any atom is -0.492 e. The molecule has 0 spiro atoms. The molecule has 1 heterocycles. The fraction of sp³-hybridized carbons (Fsp3) is 0.100. The molecule has 3 rings (SSSR count). The predicted molar refractivity (Wildman–Crippen MR) is 98.2 cm³/mol. The maximum atomic E-state index is 13.6. The van der Waals surface area contributed by atoms with Gasteiger partial charge in [-0.05, 0) is 36.4 Å². The summed E-state index contributed by atoms with van der Waals surface area (Å²) in [6, 6.07) is 12.2. The molecule has 1 N–H and O–H groups in total. The third-order valence-corrected chi connectivity index (χ3v) is 3.65. The number of carbonyl (C=O) groups is 1. The smallest absolute Gasteiger partial charge is 0.248 e. The fourth-order valence-electron chi connectivity index (χ4n) is 2.37. The highest BCUT2D eigenvalue weighted by atomic mass is 19.1. The number of nitrogens with zero attached hydrogens (tertiary/aromatic N) is 2. The molecule has 0 radical (unpaired) electrons.